The predicted molar refractivity (Wildman–Crippen MR) is 107 cm³/mol. The van der Waals surface area contributed by atoms with Crippen molar-refractivity contribution >= 4 is 5.91 Å². The van der Waals surface area contributed by atoms with Crippen LogP contribution in [0.4, 0.5) is 0 Å². The Morgan fingerprint density at radius 3 is 2.00 bits per heavy atom. The monoisotopic (exact) mass is 362 g/mol. The van der Waals surface area contributed by atoms with Crippen molar-refractivity contribution in [3.8, 4) is 0 Å². The Kier molecular flexibility index (Phi) is 6.09. The van der Waals surface area contributed by atoms with Crippen LogP contribution in [0.1, 0.15) is 35.6 Å². The molecule has 1 atom stereocenters. The molecule has 0 fully saturated rings. The van der Waals surface area contributed by atoms with Crippen LogP contribution in [0.3, 0.4) is 0 Å². The summed E-state index contributed by atoms with van der Waals surface area (Å²) in [6.07, 6.45) is 0. The number of nitrogens with zero attached hydrogens (tertiary/aromatic N) is 1. The highest BCUT2D eigenvalue weighted by atomic mass is 16.3. The van der Waals surface area contributed by atoms with Gasteiger partial charge in [-0.1, -0.05) is 60.7 Å². The van der Waals surface area contributed by atoms with Crippen molar-refractivity contribution in [3.05, 3.63) is 95.4 Å². The second-order valence-electron chi connectivity index (χ2n) is 6.87. The van der Waals surface area contributed by atoms with E-state index in [0.717, 1.165) is 22.6 Å². The maximum absolute atomic E-state index is 13.0. The van der Waals surface area contributed by atoms with Crippen LogP contribution >= 0.6 is 0 Å². The van der Waals surface area contributed by atoms with Crippen LogP contribution in [0.5, 0.6) is 0 Å². The maximum Gasteiger partial charge on any atom is 0.237 e. The summed E-state index contributed by atoms with van der Waals surface area (Å²) >= 11 is 0. The molecule has 27 heavy (non-hydrogen) atoms. The van der Waals surface area contributed by atoms with E-state index < -0.39 is 0 Å². The topological polar surface area (TPSA) is 45.5 Å². The van der Waals surface area contributed by atoms with Crippen molar-refractivity contribution < 1.29 is 9.21 Å². The number of likely N-dealkylation sites (N-methyl/N-ethyl adjacent to an activating group) is 1. The molecule has 0 bridgehead atoms. The fourth-order valence-corrected chi connectivity index (χ4v) is 3.07. The molecule has 4 nitrogen and oxygen atoms in total. The molecule has 0 aliphatic rings. The molecule has 2 aromatic carbocycles. The van der Waals surface area contributed by atoms with Crippen molar-refractivity contribution in [2.75, 3.05) is 7.05 Å². The first-order chi connectivity index (χ1) is 13.0. The summed E-state index contributed by atoms with van der Waals surface area (Å²) in [6, 6.07) is 23.5. The number of nitrogens with one attached hydrogen (secondary N) is 1. The minimum atomic E-state index is -0.287. The zero-order valence-electron chi connectivity index (χ0n) is 16.1. The lowest BCUT2D eigenvalue weighted by molar-refractivity contribution is -0.126. The van der Waals surface area contributed by atoms with E-state index in [0.29, 0.717) is 6.54 Å². The average Bonchev–Trinajstić information content (AvgIpc) is 3.11. The van der Waals surface area contributed by atoms with Crippen molar-refractivity contribution in [3.63, 3.8) is 0 Å². The second-order valence-corrected chi connectivity index (χ2v) is 6.87. The molecular formula is C23H26N2O2. The minimum Gasteiger partial charge on any atom is -0.465 e. The van der Waals surface area contributed by atoms with E-state index in [4.69, 9.17) is 4.42 Å². The van der Waals surface area contributed by atoms with E-state index >= 15 is 0 Å². The van der Waals surface area contributed by atoms with Crippen molar-refractivity contribution in [2.24, 2.45) is 0 Å². The predicted octanol–water partition coefficient (Wildman–Crippen LogP) is 4.31. The number of carbonyl (C=O) groups excluding carboxylic acids is 1. The molecule has 1 amide bonds. The lowest BCUT2D eigenvalue weighted by atomic mass is 9.98. The highest BCUT2D eigenvalue weighted by Crippen LogP contribution is 2.22. The first-order valence-corrected chi connectivity index (χ1v) is 9.20. The number of rotatable bonds is 7. The van der Waals surface area contributed by atoms with Gasteiger partial charge < -0.3 is 9.73 Å². The molecule has 0 saturated heterocycles. The Hall–Kier alpha value is -2.85. The van der Waals surface area contributed by atoms with Crippen LogP contribution in [0.25, 0.3) is 0 Å². The molecule has 3 aromatic rings. The molecule has 0 spiro atoms. The number of benzene rings is 2. The van der Waals surface area contributed by atoms with Gasteiger partial charge in [-0.2, -0.15) is 0 Å². The molecule has 4 heteroatoms. The number of hydrogen-bond acceptors (Lipinski definition) is 3. The average molecular weight is 362 g/mol. The lowest BCUT2D eigenvalue weighted by Crippen LogP contribution is -2.44. The highest BCUT2D eigenvalue weighted by Gasteiger charge is 2.23. The fraction of sp³-hybridized carbons (Fsp3) is 0.261. The third-order valence-electron chi connectivity index (χ3n) is 4.79. The van der Waals surface area contributed by atoms with Gasteiger partial charge in [0.25, 0.3) is 0 Å². The minimum absolute atomic E-state index is 0.0153. The molecule has 1 aromatic heterocycles. The van der Waals surface area contributed by atoms with Crippen LogP contribution in [-0.2, 0) is 11.3 Å². The summed E-state index contributed by atoms with van der Waals surface area (Å²) in [7, 11) is 1.93. The number of amides is 1. The molecule has 0 unspecified atom stereocenters. The van der Waals surface area contributed by atoms with Gasteiger partial charge in [0.15, 0.2) is 0 Å². The van der Waals surface area contributed by atoms with Crippen LogP contribution < -0.4 is 5.32 Å². The normalized spacial score (nSPS) is 12.3. The molecule has 1 heterocycles. The highest BCUT2D eigenvalue weighted by molar-refractivity contribution is 5.82. The fourth-order valence-electron chi connectivity index (χ4n) is 3.07. The molecule has 3 rings (SSSR count). The van der Waals surface area contributed by atoms with Crippen LogP contribution in [0.15, 0.2) is 77.2 Å². The maximum atomic E-state index is 13.0. The summed E-state index contributed by atoms with van der Waals surface area (Å²) < 4.78 is 5.63. The quantitative estimate of drug-likeness (QED) is 0.681. The van der Waals surface area contributed by atoms with E-state index in [1.54, 1.807) is 0 Å². The summed E-state index contributed by atoms with van der Waals surface area (Å²) in [6.45, 7) is 4.42. The van der Waals surface area contributed by atoms with Gasteiger partial charge in [0, 0.05) is 0 Å². The largest absolute Gasteiger partial charge is 0.465 e. The second kappa shape index (κ2) is 8.69. The number of furan rings is 1. The Morgan fingerprint density at radius 2 is 1.52 bits per heavy atom. The van der Waals surface area contributed by atoms with Gasteiger partial charge in [0.05, 0.1) is 18.6 Å². The molecule has 0 saturated carbocycles. The van der Waals surface area contributed by atoms with E-state index in [1.807, 2.05) is 98.6 Å². The van der Waals surface area contributed by atoms with Crippen LogP contribution in [-0.4, -0.2) is 23.9 Å². The van der Waals surface area contributed by atoms with Gasteiger partial charge in [-0.05, 0) is 44.2 Å². The molecule has 1 N–H and O–H groups in total. The molecule has 140 valence electrons. The first kappa shape index (κ1) is 18.9. The van der Waals surface area contributed by atoms with Gasteiger partial charge in [0.1, 0.15) is 11.5 Å². The lowest BCUT2D eigenvalue weighted by Gasteiger charge is -2.26. The number of carbonyl (C=O) groups is 1. The smallest absolute Gasteiger partial charge is 0.237 e. The molecular weight excluding hydrogens is 336 g/mol. The molecule has 0 aliphatic carbocycles. The standard InChI is InChI=1S/C23H26N2O2/c1-17-14-15-21(27-17)16-25(3)18(2)23(26)24-22(19-10-6-4-7-11-19)20-12-8-5-9-13-20/h4-15,18,22H,16H2,1-3H3,(H,24,26)/t18-/m1/s1. The van der Waals surface area contributed by atoms with Gasteiger partial charge in [0.2, 0.25) is 5.91 Å². The number of hydrogen-bond donors (Lipinski definition) is 1. The summed E-state index contributed by atoms with van der Waals surface area (Å²) in [5, 5.41) is 3.21. The van der Waals surface area contributed by atoms with E-state index in [9.17, 15) is 4.79 Å². The SMILES string of the molecule is Cc1ccc(CN(C)[C@H](C)C(=O)NC(c2ccccc2)c2ccccc2)o1. The third kappa shape index (κ3) is 4.86. The van der Waals surface area contributed by atoms with Crippen molar-refractivity contribution in [1.29, 1.82) is 0 Å². The van der Waals surface area contributed by atoms with Gasteiger partial charge in [-0.15, -0.1) is 0 Å². The van der Waals surface area contributed by atoms with Crippen LogP contribution in [0, 0.1) is 6.92 Å². The first-order valence-electron chi connectivity index (χ1n) is 9.20. The molecule has 0 aliphatic heterocycles. The zero-order chi connectivity index (χ0) is 19.2. The van der Waals surface area contributed by atoms with Crippen molar-refractivity contribution in [2.45, 2.75) is 32.5 Å². The Bertz CT molecular complexity index is 819. The van der Waals surface area contributed by atoms with Gasteiger partial charge in [-0.25, -0.2) is 0 Å². The molecule has 0 radical (unpaired) electrons. The number of aryl methyl sites for hydroxylation is 1. The zero-order valence-corrected chi connectivity index (χ0v) is 16.1. The Balaban J connectivity index is 1.73. The summed E-state index contributed by atoms with van der Waals surface area (Å²) in [5.74, 6) is 1.72. The van der Waals surface area contributed by atoms with E-state index in [-0.39, 0.29) is 18.0 Å². The summed E-state index contributed by atoms with van der Waals surface area (Å²) in [4.78, 5) is 14.9. The van der Waals surface area contributed by atoms with Crippen molar-refractivity contribution in [1.82, 2.24) is 10.2 Å². The Morgan fingerprint density at radius 1 is 0.963 bits per heavy atom. The van der Waals surface area contributed by atoms with Gasteiger partial charge >= 0.3 is 0 Å². The van der Waals surface area contributed by atoms with Crippen LogP contribution in [0.2, 0.25) is 0 Å². The van der Waals surface area contributed by atoms with Gasteiger partial charge in [-0.3, -0.25) is 9.69 Å². The van der Waals surface area contributed by atoms with E-state index in [2.05, 4.69) is 5.32 Å². The summed E-state index contributed by atoms with van der Waals surface area (Å²) in [5.41, 5.74) is 2.13. The Labute approximate surface area is 160 Å². The third-order valence-corrected chi connectivity index (χ3v) is 4.79. The van der Waals surface area contributed by atoms with E-state index in [1.165, 1.54) is 0 Å².